The quantitative estimate of drug-likeness (QED) is 0.519. The molecule has 3 N–H and O–H groups in total. The summed E-state index contributed by atoms with van der Waals surface area (Å²) in [6.07, 6.45) is 1.32. The zero-order valence-corrected chi connectivity index (χ0v) is 9.34. The molecule has 4 heteroatoms. The van der Waals surface area contributed by atoms with Crippen LogP contribution < -0.4 is 10.6 Å². The SMILES string of the molecule is CCC(C)NC(=O)CNCCC(C)O. The first-order chi connectivity index (χ1) is 6.56. The van der Waals surface area contributed by atoms with E-state index in [0.717, 1.165) is 6.42 Å². The monoisotopic (exact) mass is 202 g/mol. The van der Waals surface area contributed by atoms with E-state index in [1.165, 1.54) is 0 Å². The highest BCUT2D eigenvalue weighted by atomic mass is 16.3. The Kier molecular flexibility index (Phi) is 7.42. The first kappa shape index (κ1) is 13.4. The summed E-state index contributed by atoms with van der Waals surface area (Å²) in [5.41, 5.74) is 0. The minimum Gasteiger partial charge on any atom is -0.393 e. The summed E-state index contributed by atoms with van der Waals surface area (Å²) in [7, 11) is 0. The lowest BCUT2D eigenvalue weighted by molar-refractivity contribution is -0.120. The summed E-state index contributed by atoms with van der Waals surface area (Å²) < 4.78 is 0. The fraction of sp³-hybridized carbons (Fsp3) is 0.900. The molecule has 0 radical (unpaired) electrons. The van der Waals surface area contributed by atoms with Crippen molar-refractivity contribution in [2.24, 2.45) is 0 Å². The van der Waals surface area contributed by atoms with Gasteiger partial charge in [0.05, 0.1) is 12.6 Å². The van der Waals surface area contributed by atoms with Gasteiger partial charge in [-0.25, -0.2) is 0 Å². The van der Waals surface area contributed by atoms with Crippen molar-refractivity contribution >= 4 is 5.91 Å². The van der Waals surface area contributed by atoms with E-state index < -0.39 is 0 Å². The smallest absolute Gasteiger partial charge is 0.234 e. The van der Waals surface area contributed by atoms with Gasteiger partial charge in [0.15, 0.2) is 0 Å². The van der Waals surface area contributed by atoms with Gasteiger partial charge in [0.2, 0.25) is 5.91 Å². The predicted octanol–water partition coefficient (Wildman–Crippen LogP) is 0.262. The maximum Gasteiger partial charge on any atom is 0.234 e. The fourth-order valence-electron chi connectivity index (χ4n) is 0.941. The standard InChI is InChI=1S/C10H22N2O2/c1-4-8(2)12-10(14)7-11-6-5-9(3)13/h8-9,11,13H,4-7H2,1-3H3,(H,12,14). The molecule has 84 valence electrons. The van der Waals surface area contributed by atoms with Crippen LogP contribution in [-0.4, -0.2) is 36.2 Å². The first-order valence-corrected chi connectivity index (χ1v) is 5.24. The van der Waals surface area contributed by atoms with Crippen LogP contribution in [-0.2, 0) is 4.79 Å². The van der Waals surface area contributed by atoms with Crippen molar-refractivity contribution in [1.82, 2.24) is 10.6 Å². The third-order valence-electron chi connectivity index (χ3n) is 2.04. The van der Waals surface area contributed by atoms with Crippen molar-refractivity contribution in [2.45, 2.75) is 45.8 Å². The van der Waals surface area contributed by atoms with E-state index in [1.807, 2.05) is 13.8 Å². The molecule has 0 fully saturated rings. The number of carbonyl (C=O) groups is 1. The molecule has 0 aromatic carbocycles. The molecule has 0 bridgehead atoms. The van der Waals surface area contributed by atoms with Crippen molar-refractivity contribution in [3.63, 3.8) is 0 Å². The Morgan fingerprint density at radius 2 is 2.07 bits per heavy atom. The fourth-order valence-corrected chi connectivity index (χ4v) is 0.941. The van der Waals surface area contributed by atoms with Crippen LogP contribution >= 0.6 is 0 Å². The number of aliphatic hydroxyl groups is 1. The molecule has 0 saturated carbocycles. The number of aliphatic hydroxyl groups excluding tert-OH is 1. The molecule has 0 heterocycles. The van der Waals surface area contributed by atoms with Crippen LogP contribution in [0.3, 0.4) is 0 Å². The normalized spacial score (nSPS) is 14.9. The average Bonchev–Trinajstić information content (AvgIpc) is 2.12. The molecule has 1 amide bonds. The lowest BCUT2D eigenvalue weighted by atomic mass is 10.2. The second-order valence-corrected chi connectivity index (χ2v) is 3.69. The van der Waals surface area contributed by atoms with Crippen LogP contribution in [0.15, 0.2) is 0 Å². The highest BCUT2D eigenvalue weighted by Crippen LogP contribution is 1.87. The summed E-state index contributed by atoms with van der Waals surface area (Å²) in [6, 6.07) is 0.237. The van der Waals surface area contributed by atoms with Crippen LogP contribution in [0.5, 0.6) is 0 Å². The van der Waals surface area contributed by atoms with Crippen molar-refractivity contribution < 1.29 is 9.90 Å². The molecule has 2 atom stereocenters. The Morgan fingerprint density at radius 1 is 1.43 bits per heavy atom. The van der Waals surface area contributed by atoms with Crippen molar-refractivity contribution in [3.8, 4) is 0 Å². The average molecular weight is 202 g/mol. The summed E-state index contributed by atoms with van der Waals surface area (Å²) in [5, 5.41) is 14.8. The minimum atomic E-state index is -0.305. The van der Waals surface area contributed by atoms with Gasteiger partial charge in [-0.05, 0) is 33.2 Å². The molecule has 0 aliphatic rings. The topological polar surface area (TPSA) is 61.4 Å². The van der Waals surface area contributed by atoms with Crippen LogP contribution in [0.4, 0.5) is 0 Å². The van der Waals surface area contributed by atoms with Gasteiger partial charge < -0.3 is 15.7 Å². The lowest BCUT2D eigenvalue weighted by Gasteiger charge is -2.12. The highest BCUT2D eigenvalue weighted by Gasteiger charge is 2.04. The number of rotatable bonds is 7. The molecular formula is C10H22N2O2. The zero-order valence-electron chi connectivity index (χ0n) is 9.34. The van der Waals surface area contributed by atoms with Gasteiger partial charge in [0, 0.05) is 6.04 Å². The molecule has 0 spiro atoms. The number of nitrogens with one attached hydrogen (secondary N) is 2. The van der Waals surface area contributed by atoms with Crippen LogP contribution in [0.25, 0.3) is 0 Å². The van der Waals surface area contributed by atoms with Crippen molar-refractivity contribution in [1.29, 1.82) is 0 Å². The van der Waals surface area contributed by atoms with E-state index in [9.17, 15) is 4.79 Å². The summed E-state index contributed by atoms with van der Waals surface area (Å²) >= 11 is 0. The minimum absolute atomic E-state index is 0.0185. The van der Waals surface area contributed by atoms with Gasteiger partial charge in [-0.3, -0.25) is 4.79 Å². The van der Waals surface area contributed by atoms with E-state index in [-0.39, 0.29) is 18.1 Å². The van der Waals surface area contributed by atoms with Crippen LogP contribution in [0.1, 0.15) is 33.6 Å². The number of amides is 1. The molecule has 0 aromatic heterocycles. The lowest BCUT2D eigenvalue weighted by Crippen LogP contribution is -2.39. The molecule has 0 aliphatic heterocycles. The van der Waals surface area contributed by atoms with Crippen molar-refractivity contribution in [2.75, 3.05) is 13.1 Å². The maximum absolute atomic E-state index is 11.2. The zero-order chi connectivity index (χ0) is 11.0. The highest BCUT2D eigenvalue weighted by molar-refractivity contribution is 5.78. The Balaban J connectivity index is 3.36. The van der Waals surface area contributed by atoms with Crippen LogP contribution in [0.2, 0.25) is 0 Å². The molecule has 4 nitrogen and oxygen atoms in total. The third-order valence-corrected chi connectivity index (χ3v) is 2.04. The number of hydrogen-bond acceptors (Lipinski definition) is 3. The van der Waals surface area contributed by atoms with Gasteiger partial charge in [-0.15, -0.1) is 0 Å². The molecule has 0 aromatic rings. The van der Waals surface area contributed by atoms with Gasteiger partial charge in [0.1, 0.15) is 0 Å². The van der Waals surface area contributed by atoms with Gasteiger partial charge in [-0.1, -0.05) is 6.92 Å². The van der Waals surface area contributed by atoms with Crippen molar-refractivity contribution in [3.05, 3.63) is 0 Å². The Labute approximate surface area is 86.1 Å². The Morgan fingerprint density at radius 3 is 2.57 bits per heavy atom. The number of hydrogen-bond donors (Lipinski definition) is 3. The summed E-state index contributed by atoms with van der Waals surface area (Å²) in [4.78, 5) is 11.2. The molecular weight excluding hydrogens is 180 g/mol. The van der Waals surface area contributed by atoms with Gasteiger partial charge in [0.25, 0.3) is 0 Å². The number of carbonyl (C=O) groups excluding carboxylic acids is 1. The molecule has 0 aliphatic carbocycles. The van der Waals surface area contributed by atoms with E-state index in [2.05, 4.69) is 10.6 Å². The Hall–Kier alpha value is -0.610. The predicted molar refractivity (Wildman–Crippen MR) is 57.1 cm³/mol. The summed E-state index contributed by atoms with van der Waals surface area (Å²) in [6.45, 7) is 6.75. The second-order valence-electron chi connectivity index (χ2n) is 3.69. The molecule has 0 rings (SSSR count). The van der Waals surface area contributed by atoms with Crippen LogP contribution in [0, 0.1) is 0 Å². The van der Waals surface area contributed by atoms with E-state index in [0.29, 0.717) is 19.5 Å². The second kappa shape index (κ2) is 7.76. The Bertz CT molecular complexity index is 160. The first-order valence-electron chi connectivity index (χ1n) is 5.24. The molecule has 2 unspecified atom stereocenters. The summed E-state index contributed by atoms with van der Waals surface area (Å²) in [5.74, 6) is 0.0185. The molecule has 14 heavy (non-hydrogen) atoms. The maximum atomic E-state index is 11.2. The third kappa shape index (κ3) is 8.01. The van der Waals surface area contributed by atoms with E-state index >= 15 is 0 Å². The van der Waals surface area contributed by atoms with E-state index in [1.54, 1.807) is 6.92 Å². The largest absolute Gasteiger partial charge is 0.393 e. The van der Waals surface area contributed by atoms with E-state index in [4.69, 9.17) is 5.11 Å². The van der Waals surface area contributed by atoms with Gasteiger partial charge >= 0.3 is 0 Å². The molecule has 0 saturated heterocycles. The van der Waals surface area contributed by atoms with Gasteiger partial charge in [-0.2, -0.15) is 0 Å².